The Balaban J connectivity index is 2.98. The van der Waals surface area contributed by atoms with Crippen molar-refractivity contribution in [1.29, 1.82) is 0 Å². The highest BCUT2D eigenvalue weighted by Crippen LogP contribution is 2.27. The standard InChI is InChI=1S/C13H16F4N2O/c1-8(2)19(12(20)13(16,17)11(14)15)7-9-4-3-5-10(18)6-9/h3-6,8,11H,7,18H2,1-2H3. The maximum atomic E-state index is 13.2. The summed E-state index contributed by atoms with van der Waals surface area (Å²) in [5.74, 6) is -6.57. The monoisotopic (exact) mass is 292 g/mol. The van der Waals surface area contributed by atoms with Gasteiger partial charge in [0.1, 0.15) is 0 Å². The van der Waals surface area contributed by atoms with Gasteiger partial charge in [-0.3, -0.25) is 4.79 Å². The Morgan fingerprint density at radius 3 is 2.40 bits per heavy atom. The first-order chi connectivity index (χ1) is 9.16. The average molecular weight is 292 g/mol. The number of hydrogen-bond donors (Lipinski definition) is 1. The Kier molecular flexibility index (Phi) is 4.97. The molecule has 0 heterocycles. The first-order valence-corrected chi connectivity index (χ1v) is 5.97. The molecular weight excluding hydrogens is 276 g/mol. The van der Waals surface area contributed by atoms with E-state index in [4.69, 9.17) is 5.73 Å². The molecule has 0 aliphatic rings. The van der Waals surface area contributed by atoms with Crippen LogP contribution in [0.3, 0.4) is 0 Å². The van der Waals surface area contributed by atoms with Crippen molar-refractivity contribution in [2.45, 2.75) is 38.8 Å². The average Bonchev–Trinajstić information content (AvgIpc) is 2.34. The van der Waals surface area contributed by atoms with Crippen molar-refractivity contribution in [3.63, 3.8) is 0 Å². The van der Waals surface area contributed by atoms with Gasteiger partial charge in [-0.2, -0.15) is 8.78 Å². The van der Waals surface area contributed by atoms with E-state index in [0.29, 0.717) is 16.2 Å². The normalized spacial score (nSPS) is 12.0. The number of amides is 1. The van der Waals surface area contributed by atoms with Crippen LogP contribution in [0.4, 0.5) is 23.2 Å². The van der Waals surface area contributed by atoms with Crippen molar-refractivity contribution in [2.24, 2.45) is 0 Å². The number of carbonyl (C=O) groups is 1. The number of nitrogens with two attached hydrogens (primary N) is 1. The molecule has 1 aromatic rings. The molecule has 0 unspecified atom stereocenters. The molecule has 0 aliphatic carbocycles. The summed E-state index contributed by atoms with van der Waals surface area (Å²) in [6.45, 7) is 2.75. The predicted molar refractivity (Wildman–Crippen MR) is 67.5 cm³/mol. The van der Waals surface area contributed by atoms with Crippen LogP contribution in [0.25, 0.3) is 0 Å². The molecule has 0 saturated carbocycles. The maximum Gasteiger partial charge on any atom is 0.383 e. The largest absolute Gasteiger partial charge is 0.399 e. The van der Waals surface area contributed by atoms with Crippen molar-refractivity contribution < 1.29 is 22.4 Å². The minimum atomic E-state index is -4.69. The molecule has 7 heteroatoms. The predicted octanol–water partition coefficient (Wildman–Crippen LogP) is 2.91. The van der Waals surface area contributed by atoms with E-state index in [9.17, 15) is 22.4 Å². The summed E-state index contributed by atoms with van der Waals surface area (Å²) in [6.07, 6.45) is -4.03. The molecule has 0 aliphatic heterocycles. The van der Waals surface area contributed by atoms with Crippen LogP contribution in [-0.4, -0.2) is 29.2 Å². The summed E-state index contributed by atoms with van der Waals surface area (Å²) >= 11 is 0. The topological polar surface area (TPSA) is 46.3 Å². The smallest absolute Gasteiger partial charge is 0.383 e. The van der Waals surface area contributed by atoms with Gasteiger partial charge in [0.25, 0.3) is 5.91 Å². The van der Waals surface area contributed by atoms with E-state index in [2.05, 4.69) is 0 Å². The van der Waals surface area contributed by atoms with Crippen LogP contribution in [0.5, 0.6) is 0 Å². The second-order valence-corrected chi connectivity index (χ2v) is 4.70. The Morgan fingerprint density at radius 2 is 1.95 bits per heavy atom. The van der Waals surface area contributed by atoms with Crippen molar-refractivity contribution >= 4 is 11.6 Å². The van der Waals surface area contributed by atoms with Gasteiger partial charge in [0.2, 0.25) is 0 Å². The molecule has 1 aromatic carbocycles. The third-order valence-corrected chi connectivity index (χ3v) is 2.75. The Morgan fingerprint density at radius 1 is 1.35 bits per heavy atom. The quantitative estimate of drug-likeness (QED) is 0.670. The van der Waals surface area contributed by atoms with E-state index in [0.717, 1.165) is 0 Å². The molecule has 0 saturated heterocycles. The van der Waals surface area contributed by atoms with Gasteiger partial charge in [0.15, 0.2) is 0 Å². The SMILES string of the molecule is CC(C)N(Cc1cccc(N)c1)C(=O)C(F)(F)C(F)F. The summed E-state index contributed by atoms with van der Waals surface area (Å²) in [7, 11) is 0. The molecule has 1 rings (SSSR count). The lowest BCUT2D eigenvalue weighted by atomic mass is 10.1. The van der Waals surface area contributed by atoms with Gasteiger partial charge in [0, 0.05) is 18.3 Å². The van der Waals surface area contributed by atoms with Crippen molar-refractivity contribution in [2.75, 3.05) is 5.73 Å². The molecule has 20 heavy (non-hydrogen) atoms. The van der Waals surface area contributed by atoms with Crippen LogP contribution in [0.15, 0.2) is 24.3 Å². The van der Waals surface area contributed by atoms with Crippen LogP contribution < -0.4 is 5.73 Å². The summed E-state index contributed by atoms with van der Waals surface area (Å²) in [5, 5.41) is 0. The molecule has 0 atom stereocenters. The van der Waals surface area contributed by atoms with Crippen LogP contribution in [0.2, 0.25) is 0 Å². The minimum absolute atomic E-state index is 0.205. The summed E-state index contributed by atoms with van der Waals surface area (Å²) in [4.78, 5) is 12.3. The van der Waals surface area contributed by atoms with Gasteiger partial charge in [-0.05, 0) is 31.5 Å². The van der Waals surface area contributed by atoms with Gasteiger partial charge in [0.05, 0.1) is 0 Å². The lowest BCUT2D eigenvalue weighted by Crippen LogP contribution is -2.49. The zero-order chi connectivity index (χ0) is 15.5. The van der Waals surface area contributed by atoms with Crippen LogP contribution in [-0.2, 0) is 11.3 Å². The summed E-state index contributed by atoms with van der Waals surface area (Å²) in [5.41, 5.74) is 6.45. The Hall–Kier alpha value is -1.79. The molecule has 0 radical (unpaired) electrons. The highest BCUT2D eigenvalue weighted by molar-refractivity contribution is 5.84. The van der Waals surface area contributed by atoms with Crippen molar-refractivity contribution in [1.82, 2.24) is 4.90 Å². The highest BCUT2D eigenvalue weighted by atomic mass is 19.3. The van der Waals surface area contributed by atoms with E-state index < -0.39 is 24.3 Å². The van der Waals surface area contributed by atoms with Crippen LogP contribution in [0.1, 0.15) is 19.4 Å². The first-order valence-electron chi connectivity index (χ1n) is 5.97. The van der Waals surface area contributed by atoms with Crippen molar-refractivity contribution in [3.05, 3.63) is 29.8 Å². The van der Waals surface area contributed by atoms with E-state index in [1.54, 1.807) is 18.2 Å². The molecule has 3 nitrogen and oxygen atoms in total. The number of carbonyl (C=O) groups excluding carboxylic acids is 1. The van der Waals surface area contributed by atoms with Crippen molar-refractivity contribution in [3.8, 4) is 0 Å². The highest BCUT2D eigenvalue weighted by Gasteiger charge is 2.51. The molecular formula is C13H16F4N2O. The number of alkyl halides is 4. The fraction of sp³-hybridized carbons (Fsp3) is 0.462. The zero-order valence-corrected chi connectivity index (χ0v) is 11.1. The third kappa shape index (κ3) is 3.61. The third-order valence-electron chi connectivity index (χ3n) is 2.75. The van der Waals surface area contributed by atoms with E-state index in [-0.39, 0.29) is 6.54 Å². The molecule has 0 fully saturated rings. The van der Waals surface area contributed by atoms with E-state index in [1.165, 1.54) is 19.9 Å². The molecule has 0 bridgehead atoms. The first kappa shape index (κ1) is 16.3. The molecule has 0 spiro atoms. The van der Waals surface area contributed by atoms with Gasteiger partial charge >= 0.3 is 12.3 Å². The maximum absolute atomic E-state index is 13.2. The van der Waals surface area contributed by atoms with Gasteiger partial charge in [-0.1, -0.05) is 12.1 Å². The number of rotatable bonds is 5. The Bertz CT molecular complexity index is 477. The van der Waals surface area contributed by atoms with Gasteiger partial charge in [-0.25, -0.2) is 8.78 Å². The number of hydrogen-bond acceptors (Lipinski definition) is 2. The van der Waals surface area contributed by atoms with E-state index in [1.807, 2.05) is 0 Å². The zero-order valence-electron chi connectivity index (χ0n) is 11.1. The number of nitrogen functional groups attached to an aromatic ring is 1. The molecule has 112 valence electrons. The number of anilines is 1. The van der Waals surface area contributed by atoms with Gasteiger partial charge in [-0.15, -0.1) is 0 Å². The fourth-order valence-corrected chi connectivity index (χ4v) is 1.66. The molecule has 2 N–H and O–H groups in total. The second-order valence-electron chi connectivity index (χ2n) is 4.70. The number of nitrogens with zero attached hydrogens (tertiary/aromatic N) is 1. The summed E-state index contributed by atoms with van der Waals surface area (Å²) in [6, 6.07) is 5.63. The number of benzene rings is 1. The summed E-state index contributed by atoms with van der Waals surface area (Å²) < 4.78 is 50.9. The second kappa shape index (κ2) is 6.11. The van der Waals surface area contributed by atoms with Crippen LogP contribution in [0, 0.1) is 0 Å². The molecule has 0 aromatic heterocycles. The molecule has 1 amide bonds. The van der Waals surface area contributed by atoms with Gasteiger partial charge < -0.3 is 10.6 Å². The minimum Gasteiger partial charge on any atom is -0.399 e. The Labute approximate surface area is 114 Å². The van der Waals surface area contributed by atoms with E-state index >= 15 is 0 Å². The van der Waals surface area contributed by atoms with Crippen LogP contribution >= 0.6 is 0 Å². The lowest BCUT2D eigenvalue weighted by molar-refractivity contribution is -0.183. The fourth-order valence-electron chi connectivity index (χ4n) is 1.66. The lowest BCUT2D eigenvalue weighted by Gasteiger charge is -2.30. The number of halogens is 4.